The number of nitrogens with zero attached hydrogens (tertiary/aromatic N) is 1. The molecular formula is C11H11ClF3NO2. The molecule has 7 heteroatoms. The molecule has 0 amide bonds. The van der Waals surface area contributed by atoms with E-state index in [1.807, 2.05) is 0 Å². The van der Waals surface area contributed by atoms with E-state index in [0.717, 1.165) is 12.1 Å². The third-order valence-electron chi connectivity index (χ3n) is 2.55. The molecule has 1 aromatic heterocycles. The van der Waals surface area contributed by atoms with E-state index in [1.165, 1.54) is 0 Å². The summed E-state index contributed by atoms with van der Waals surface area (Å²) in [5, 5.41) is -0.230. The Balaban J connectivity index is 2.14. The fraction of sp³-hybridized carbons (Fsp3) is 0.545. The first kappa shape index (κ1) is 13.4. The van der Waals surface area contributed by atoms with E-state index in [1.54, 1.807) is 0 Å². The third kappa shape index (κ3) is 3.49. The summed E-state index contributed by atoms with van der Waals surface area (Å²) in [5.74, 6) is -0.0956. The second-order valence-electron chi connectivity index (χ2n) is 3.94. The summed E-state index contributed by atoms with van der Waals surface area (Å²) in [4.78, 5) is 3.74. The molecule has 100 valence electrons. The number of halogens is 4. The van der Waals surface area contributed by atoms with Gasteiger partial charge in [0.05, 0.1) is 18.8 Å². The third-order valence-corrected chi connectivity index (χ3v) is 2.75. The van der Waals surface area contributed by atoms with Crippen LogP contribution in [0.5, 0.6) is 5.88 Å². The van der Waals surface area contributed by atoms with Gasteiger partial charge in [0.1, 0.15) is 11.3 Å². The molecule has 1 aromatic rings. The smallest absolute Gasteiger partial charge is 0.416 e. The molecule has 0 aromatic carbocycles. The van der Waals surface area contributed by atoms with Crippen molar-refractivity contribution in [3.63, 3.8) is 0 Å². The largest absolute Gasteiger partial charge is 0.474 e. The van der Waals surface area contributed by atoms with E-state index >= 15 is 0 Å². The van der Waals surface area contributed by atoms with Crippen LogP contribution < -0.4 is 4.74 Å². The highest BCUT2D eigenvalue weighted by Crippen LogP contribution is 2.33. The fourth-order valence-corrected chi connectivity index (χ4v) is 1.86. The van der Waals surface area contributed by atoms with Gasteiger partial charge in [0.15, 0.2) is 0 Å². The molecule has 0 N–H and O–H groups in total. The first-order valence-corrected chi connectivity index (χ1v) is 5.82. The summed E-state index contributed by atoms with van der Waals surface area (Å²) >= 11 is 5.56. The second kappa shape index (κ2) is 5.32. The maximum atomic E-state index is 12.6. The van der Waals surface area contributed by atoms with Crippen molar-refractivity contribution in [3.05, 3.63) is 22.8 Å². The Labute approximate surface area is 107 Å². The number of aromatic nitrogens is 1. The molecule has 2 rings (SSSR count). The van der Waals surface area contributed by atoms with E-state index in [-0.39, 0.29) is 17.1 Å². The summed E-state index contributed by atoms with van der Waals surface area (Å²) in [5.41, 5.74) is -0.857. The van der Waals surface area contributed by atoms with Crippen molar-refractivity contribution in [1.29, 1.82) is 0 Å². The van der Waals surface area contributed by atoms with Crippen molar-refractivity contribution in [2.75, 3.05) is 13.2 Å². The van der Waals surface area contributed by atoms with Crippen LogP contribution in [0.2, 0.25) is 5.15 Å². The standard InChI is InChI=1S/C11H11ClF3NO2/c12-9-5-7(11(13,14)15)6-10(16-9)18-8-1-3-17-4-2-8/h5-6,8H,1-4H2. The molecule has 18 heavy (non-hydrogen) atoms. The van der Waals surface area contributed by atoms with Gasteiger partial charge in [-0.3, -0.25) is 0 Å². The molecule has 1 aliphatic heterocycles. The van der Waals surface area contributed by atoms with Crippen molar-refractivity contribution in [1.82, 2.24) is 4.98 Å². The van der Waals surface area contributed by atoms with E-state index in [0.29, 0.717) is 26.1 Å². The zero-order chi connectivity index (χ0) is 13.2. The zero-order valence-corrected chi connectivity index (χ0v) is 10.1. The number of ether oxygens (including phenoxy) is 2. The molecule has 0 atom stereocenters. The molecule has 3 nitrogen and oxygen atoms in total. The quantitative estimate of drug-likeness (QED) is 0.779. The Bertz CT molecular complexity index is 419. The van der Waals surface area contributed by atoms with Gasteiger partial charge in [-0.2, -0.15) is 13.2 Å². The first-order chi connectivity index (χ1) is 8.45. The summed E-state index contributed by atoms with van der Waals surface area (Å²) < 4.78 is 48.2. The van der Waals surface area contributed by atoms with Gasteiger partial charge in [0, 0.05) is 18.9 Å². The van der Waals surface area contributed by atoms with E-state index in [9.17, 15) is 13.2 Å². The predicted octanol–water partition coefficient (Wildman–Crippen LogP) is 3.31. The lowest BCUT2D eigenvalue weighted by molar-refractivity contribution is -0.137. The molecule has 0 saturated carbocycles. The summed E-state index contributed by atoms with van der Waals surface area (Å²) in [7, 11) is 0. The van der Waals surface area contributed by atoms with E-state index in [4.69, 9.17) is 21.1 Å². The topological polar surface area (TPSA) is 31.4 Å². The lowest BCUT2D eigenvalue weighted by Gasteiger charge is -2.23. The molecule has 2 heterocycles. The van der Waals surface area contributed by atoms with Gasteiger partial charge in [-0.1, -0.05) is 11.6 Å². The SMILES string of the molecule is FC(F)(F)c1cc(Cl)nc(OC2CCOCC2)c1. The minimum absolute atomic E-state index is 0.0956. The molecule has 0 aliphatic carbocycles. The molecule has 1 aliphatic rings. The van der Waals surface area contributed by atoms with E-state index in [2.05, 4.69) is 4.98 Å². The average molecular weight is 282 g/mol. The molecule has 0 radical (unpaired) electrons. The van der Waals surface area contributed by atoms with Crippen LogP contribution in [0, 0.1) is 0 Å². The number of hydrogen-bond donors (Lipinski definition) is 0. The molecule has 0 bridgehead atoms. The van der Waals surface area contributed by atoms with Crippen molar-refractivity contribution < 1.29 is 22.6 Å². The zero-order valence-electron chi connectivity index (χ0n) is 9.34. The lowest BCUT2D eigenvalue weighted by Crippen LogP contribution is -2.26. The Morgan fingerprint density at radius 3 is 2.56 bits per heavy atom. The van der Waals surface area contributed by atoms with Crippen molar-refractivity contribution in [2.24, 2.45) is 0 Å². The van der Waals surface area contributed by atoms with Gasteiger partial charge in [0.2, 0.25) is 5.88 Å². The van der Waals surface area contributed by atoms with Crippen molar-refractivity contribution in [2.45, 2.75) is 25.1 Å². The first-order valence-electron chi connectivity index (χ1n) is 5.44. The van der Waals surface area contributed by atoms with Crippen molar-refractivity contribution in [3.8, 4) is 5.88 Å². The summed E-state index contributed by atoms with van der Waals surface area (Å²) in [6, 6.07) is 1.64. The number of pyridine rings is 1. The predicted molar refractivity (Wildman–Crippen MR) is 58.7 cm³/mol. The van der Waals surface area contributed by atoms with Gasteiger partial charge >= 0.3 is 6.18 Å². The van der Waals surface area contributed by atoms with Crippen LogP contribution in [0.1, 0.15) is 18.4 Å². The monoisotopic (exact) mass is 281 g/mol. The van der Waals surface area contributed by atoms with Crippen molar-refractivity contribution >= 4 is 11.6 Å². The summed E-state index contributed by atoms with van der Waals surface area (Å²) in [6.07, 6.45) is -3.36. The molecule has 0 unspecified atom stereocenters. The van der Waals surface area contributed by atoms with Crippen LogP contribution in [0.25, 0.3) is 0 Å². The van der Waals surface area contributed by atoms with Crippen LogP contribution in [-0.4, -0.2) is 24.3 Å². The Kier molecular flexibility index (Phi) is 3.97. The van der Waals surface area contributed by atoms with Gasteiger partial charge in [-0.05, 0) is 6.07 Å². The highest BCUT2D eigenvalue weighted by Gasteiger charge is 2.32. The molecule has 0 spiro atoms. The summed E-state index contributed by atoms with van der Waals surface area (Å²) in [6.45, 7) is 1.08. The second-order valence-corrected chi connectivity index (χ2v) is 4.33. The minimum atomic E-state index is -4.46. The number of hydrogen-bond acceptors (Lipinski definition) is 3. The highest BCUT2D eigenvalue weighted by molar-refractivity contribution is 6.29. The van der Waals surface area contributed by atoms with Gasteiger partial charge < -0.3 is 9.47 Å². The van der Waals surface area contributed by atoms with Crippen LogP contribution >= 0.6 is 11.6 Å². The Morgan fingerprint density at radius 2 is 1.94 bits per heavy atom. The fourth-order valence-electron chi connectivity index (χ4n) is 1.66. The Hall–Kier alpha value is -1.01. The number of alkyl halides is 3. The van der Waals surface area contributed by atoms with Gasteiger partial charge in [0.25, 0.3) is 0 Å². The minimum Gasteiger partial charge on any atom is -0.474 e. The lowest BCUT2D eigenvalue weighted by atomic mass is 10.1. The maximum Gasteiger partial charge on any atom is 0.416 e. The molecular weight excluding hydrogens is 271 g/mol. The Morgan fingerprint density at radius 1 is 1.28 bits per heavy atom. The van der Waals surface area contributed by atoms with Crippen LogP contribution in [0.3, 0.4) is 0 Å². The van der Waals surface area contributed by atoms with Crippen LogP contribution in [0.15, 0.2) is 12.1 Å². The average Bonchev–Trinajstić information content (AvgIpc) is 2.28. The molecule has 1 saturated heterocycles. The van der Waals surface area contributed by atoms with Crippen LogP contribution in [0.4, 0.5) is 13.2 Å². The van der Waals surface area contributed by atoms with Crippen LogP contribution in [-0.2, 0) is 10.9 Å². The normalized spacial score (nSPS) is 17.8. The van der Waals surface area contributed by atoms with Gasteiger partial charge in [-0.25, -0.2) is 4.98 Å². The number of rotatable bonds is 2. The van der Waals surface area contributed by atoms with Gasteiger partial charge in [-0.15, -0.1) is 0 Å². The highest BCUT2D eigenvalue weighted by atomic mass is 35.5. The van der Waals surface area contributed by atoms with E-state index < -0.39 is 11.7 Å². The maximum absolute atomic E-state index is 12.6. The molecule has 1 fully saturated rings.